The van der Waals surface area contributed by atoms with E-state index in [0.29, 0.717) is 6.42 Å². The number of esters is 1. The quantitative estimate of drug-likeness (QED) is 0.0705. The van der Waals surface area contributed by atoms with Gasteiger partial charge < -0.3 is 9.84 Å². The highest BCUT2D eigenvalue weighted by molar-refractivity contribution is 5.77. The highest BCUT2D eigenvalue weighted by Gasteiger charge is 2.21. The molecule has 0 heterocycles. The summed E-state index contributed by atoms with van der Waals surface area (Å²) < 4.78 is 5.25. The minimum Gasteiger partial charge on any atom is -0.479 e. The van der Waals surface area contributed by atoms with Crippen molar-refractivity contribution in [3.05, 3.63) is 48.6 Å². The van der Waals surface area contributed by atoms with Crippen LogP contribution in [0.2, 0.25) is 0 Å². The zero-order valence-electron chi connectivity index (χ0n) is 24.0. The summed E-state index contributed by atoms with van der Waals surface area (Å²) in [5.74, 6) is -1.42. The fourth-order valence-electron chi connectivity index (χ4n) is 4.07. The van der Waals surface area contributed by atoms with Crippen LogP contribution in [0.1, 0.15) is 142 Å². The number of aliphatic carboxylic acids is 1. The largest absolute Gasteiger partial charge is 0.479 e. The number of hydrogen-bond acceptors (Lipinski definition) is 3. The summed E-state index contributed by atoms with van der Waals surface area (Å²) in [5, 5.41) is 9.39. The van der Waals surface area contributed by atoms with Gasteiger partial charge in [0.15, 0.2) is 6.10 Å². The van der Waals surface area contributed by atoms with Crippen molar-refractivity contribution in [3.8, 4) is 0 Å². The van der Waals surface area contributed by atoms with Gasteiger partial charge in [0, 0.05) is 6.42 Å². The first-order valence-corrected chi connectivity index (χ1v) is 15.1. The van der Waals surface area contributed by atoms with Crippen LogP contribution in [0.5, 0.6) is 0 Å². The summed E-state index contributed by atoms with van der Waals surface area (Å²) >= 11 is 0. The fraction of sp³-hybridized carbons (Fsp3) is 0.697. The lowest BCUT2D eigenvalue weighted by Gasteiger charge is -2.13. The maximum Gasteiger partial charge on any atom is 0.345 e. The lowest BCUT2D eigenvalue weighted by atomic mass is 10.0. The summed E-state index contributed by atoms with van der Waals surface area (Å²) in [4.78, 5) is 23.5. The predicted molar refractivity (Wildman–Crippen MR) is 158 cm³/mol. The number of carbonyl (C=O) groups is 2. The van der Waals surface area contributed by atoms with E-state index in [1.165, 1.54) is 51.4 Å². The Morgan fingerprint density at radius 2 is 1.11 bits per heavy atom. The van der Waals surface area contributed by atoms with Gasteiger partial charge in [0.25, 0.3) is 0 Å². The van der Waals surface area contributed by atoms with Crippen molar-refractivity contribution in [2.45, 2.75) is 148 Å². The monoisotopic (exact) mass is 516 g/mol. The summed E-state index contributed by atoms with van der Waals surface area (Å²) in [6.07, 6.45) is 37.0. The van der Waals surface area contributed by atoms with E-state index in [-0.39, 0.29) is 12.4 Å². The highest BCUT2D eigenvalue weighted by Crippen LogP contribution is 2.14. The Morgan fingerprint density at radius 3 is 1.62 bits per heavy atom. The molecule has 4 nitrogen and oxygen atoms in total. The number of ether oxygens (including phenoxy) is 1. The first-order chi connectivity index (χ1) is 18.1. The zero-order chi connectivity index (χ0) is 27.2. The average Bonchev–Trinajstić information content (AvgIpc) is 2.88. The average molecular weight is 517 g/mol. The molecule has 0 aliphatic rings. The molecule has 0 spiro atoms. The van der Waals surface area contributed by atoms with Gasteiger partial charge in [-0.05, 0) is 57.8 Å². The van der Waals surface area contributed by atoms with E-state index in [1.54, 1.807) is 0 Å². The lowest BCUT2D eigenvalue weighted by molar-refractivity contribution is -0.164. The Kier molecular flexibility index (Phi) is 26.9. The molecule has 37 heavy (non-hydrogen) atoms. The van der Waals surface area contributed by atoms with Gasteiger partial charge in [-0.2, -0.15) is 0 Å². The molecule has 0 radical (unpaired) electrons. The van der Waals surface area contributed by atoms with E-state index in [0.717, 1.165) is 64.2 Å². The molecule has 1 N–H and O–H groups in total. The molecule has 0 rings (SSSR count). The van der Waals surface area contributed by atoms with Gasteiger partial charge in [0.05, 0.1) is 0 Å². The summed E-state index contributed by atoms with van der Waals surface area (Å²) in [6, 6.07) is 0. The molecule has 0 aromatic rings. The van der Waals surface area contributed by atoms with E-state index >= 15 is 0 Å². The third-order valence-electron chi connectivity index (χ3n) is 6.34. The van der Waals surface area contributed by atoms with Crippen molar-refractivity contribution >= 4 is 11.9 Å². The van der Waals surface area contributed by atoms with Gasteiger partial charge in [-0.25, -0.2) is 4.79 Å². The molecule has 4 heteroatoms. The SMILES string of the molecule is CC/C=C\C/C=C\C/C=C\C/C=C\CCCCC(=O)OC(CCCCCCCCCCCCC)C(=O)O. The van der Waals surface area contributed by atoms with Crippen LogP contribution in [0.15, 0.2) is 48.6 Å². The molecule has 0 bridgehead atoms. The molecule has 0 fully saturated rings. The summed E-state index contributed by atoms with van der Waals surface area (Å²) in [6.45, 7) is 4.38. The fourth-order valence-corrected chi connectivity index (χ4v) is 4.07. The van der Waals surface area contributed by atoms with Crippen LogP contribution >= 0.6 is 0 Å². The van der Waals surface area contributed by atoms with Gasteiger partial charge in [0.1, 0.15) is 0 Å². The van der Waals surface area contributed by atoms with E-state index in [4.69, 9.17) is 4.74 Å². The van der Waals surface area contributed by atoms with Crippen molar-refractivity contribution in [3.63, 3.8) is 0 Å². The zero-order valence-corrected chi connectivity index (χ0v) is 24.0. The van der Waals surface area contributed by atoms with Crippen LogP contribution < -0.4 is 0 Å². The Labute approximate surface area is 228 Å². The number of carbonyl (C=O) groups excluding carboxylic acids is 1. The molecule has 0 saturated carbocycles. The second-order valence-corrected chi connectivity index (χ2v) is 9.89. The molecule has 0 saturated heterocycles. The number of rotatable bonds is 26. The topological polar surface area (TPSA) is 63.6 Å². The Morgan fingerprint density at radius 1 is 0.622 bits per heavy atom. The maximum absolute atomic E-state index is 12.1. The third kappa shape index (κ3) is 26.8. The van der Waals surface area contributed by atoms with Gasteiger partial charge in [0.2, 0.25) is 0 Å². The van der Waals surface area contributed by atoms with Gasteiger partial charge in [-0.1, -0.05) is 127 Å². The van der Waals surface area contributed by atoms with Gasteiger partial charge in [-0.15, -0.1) is 0 Å². The number of hydrogen-bond donors (Lipinski definition) is 1. The summed E-state index contributed by atoms with van der Waals surface area (Å²) in [7, 11) is 0. The van der Waals surface area contributed by atoms with E-state index in [9.17, 15) is 14.7 Å². The van der Waals surface area contributed by atoms with Crippen molar-refractivity contribution in [2.75, 3.05) is 0 Å². The Bertz CT molecular complexity index is 645. The van der Waals surface area contributed by atoms with Gasteiger partial charge >= 0.3 is 11.9 Å². The van der Waals surface area contributed by atoms with Crippen LogP contribution in [0.4, 0.5) is 0 Å². The first-order valence-electron chi connectivity index (χ1n) is 15.1. The number of allylic oxidation sites excluding steroid dienone is 8. The van der Waals surface area contributed by atoms with Crippen molar-refractivity contribution in [1.29, 1.82) is 0 Å². The molecule has 0 amide bonds. The standard InChI is InChI=1S/C33H56O4/c1-3-5-7-9-11-13-15-16-17-18-20-22-24-26-28-30-32(34)37-31(33(35)36)29-27-25-23-21-19-14-12-10-8-6-4-2/h5,7,11,13,16-17,20,22,31H,3-4,6,8-10,12,14-15,18-19,21,23-30H2,1-2H3,(H,35,36)/b7-5-,13-11-,17-16-,22-20-. The molecular formula is C33H56O4. The van der Waals surface area contributed by atoms with E-state index in [2.05, 4.69) is 62.5 Å². The summed E-state index contributed by atoms with van der Waals surface area (Å²) in [5.41, 5.74) is 0. The van der Waals surface area contributed by atoms with Crippen molar-refractivity contribution < 1.29 is 19.4 Å². The van der Waals surface area contributed by atoms with Crippen molar-refractivity contribution in [2.24, 2.45) is 0 Å². The smallest absolute Gasteiger partial charge is 0.345 e. The van der Waals surface area contributed by atoms with Crippen LogP contribution in [-0.2, 0) is 14.3 Å². The Balaban J connectivity index is 3.74. The minimum absolute atomic E-state index is 0.287. The van der Waals surface area contributed by atoms with Crippen LogP contribution in [0.25, 0.3) is 0 Å². The molecule has 1 unspecified atom stereocenters. The number of carboxylic acid groups (broad SMARTS) is 1. The maximum atomic E-state index is 12.1. The third-order valence-corrected chi connectivity index (χ3v) is 6.34. The first kappa shape index (κ1) is 34.9. The normalized spacial score (nSPS) is 12.9. The van der Waals surface area contributed by atoms with Crippen molar-refractivity contribution in [1.82, 2.24) is 0 Å². The molecule has 0 aromatic carbocycles. The van der Waals surface area contributed by atoms with Crippen LogP contribution in [0, 0.1) is 0 Å². The highest BCUT2D eigenvalue weighted by atomic mass is 16.6. The molecular weight excluding hydrogens is 460 g/mol. The number of carboxylic acids is 1. The number of unbranched alkanes of at least 4 members (excludes halogenated alkanes) is 12. The minimum atomic E-state index is -1.03. The second kappa shape index (κ2) is 28.5. The van der Waals surface area contributed by atoms with Crippen LogP contribution in [0.3, 0.4) is 0 Å². The lowest BCUT2D eigenvalue weighted by Crippen LogP contribution is -2.27. The predicted octanol–water partition coefficient (Wildman–Crippen LogP) is 10.0. The molecule has 0 aromatic heterocycles. The van der Waals surface area contributed by atoms with Crippen LogP contribution in [-0.4, -0.2) is 23.1 Å². The van der Waals surface area contributed by atoms with Gasteiger partial charge in [-0.3, -0.25) is 4.79 Å². The Hall–Kier alpha value is -2.10. The molecule has 0 aliphatic carbocycles. The molecule has 0 aliphatic heterocycles. The molecule has 1 atom stereocenters. The second-order valence-electron chi connectivity index (χ2n) is 9.89. The van der Waals surface area contributed by atoms with E-state index in [1.807, 2.05) is 0 Å². The molecule has 212 valence electrons. The van der Waals surface area contributed by atoms with E-state index < -0.39 is 12.1 Å².